The van der Waals surface area contributed by atoms with Crippen LogP contribution in [0.15, 0.2) is 18.2 Å². The molecule has 0 heterocycles. The number of hydrogen-bond donors (Lipinski definition) is 3. The molecule has 0 aliphatic heterocycles. The molecule has 1 unspecified atom stereocenters. The van der Waals surface area contributed by atoms with Gasteiger partial charge in [0.1, 0.15) is 6.04 Å². The second-order valence-corrected chi connectivity index (χ2v) is 4.23. The van der Waals surface area contributed by atoms with Crippen molar-refractivity contribution in [2.75, 3.05) is 26.1 Å². The summed E-state index contributed by atoms with van der Waals surface area (Å²) < 4.78 is 4.79. The number of benzene rings is 1. The number of anilines is 1. The molecule has 0 radical (unpaired) electrons. The monoisotopic (exact) mass is 321 g/mol. The molecule has 112 valence electrons. The van der Waals surface area contributed by atoms with Gasteiger partial charge in [0.25, 0.3) is 5.91 Å². The third kappa shape index (κ3) is 4.97. The van der Waals surface area contributed by atoms with E-state index in [1.807, 2.05) is 0 Å². The molecule has 8 heteroatoms. The minimum absolute atomic E-state index is 0. The quantitative estimate of drug-likeness (QED) is 0.755. The molecule has 20 heavy (non-hydrogen) atoms. The molecule has 4 N–H and O–H groups in total. The average molecular weight is 322 g/mol. The summed E-state index contributed by atoms with van der Waals surface area (Å²) in [5.41, 5.74) is 6.38. The summed E-state index contributed by atoms with van der Waals surface area (Å²) in [5.74, 6) is -0.676. The molecule has 0 bridgehead atoms. The molecule has 1 atom stereocenters. The van der Waals surface area contributed by atoms with Gasteiger partial charge in [0, 0.05) is 19.8 Å². The minimum Gasteiger partial charge on any atom is -0.383 e. The van der Waals surface area contributed by atoms with E-state index in [0.717, 1.165) is 0 Å². The van der Waals surface area contributed by atoms with Crippen molar-refractivity contribution >= 4 is 41.5 Å². The van der Waals surface area contributed by atoms with Crippen molar-refractivity contribution in [1.82, 2.24) is 5.32 Å². The number of nitrogens with one attached hydrogen (secondary N) is 2. The predicted octanol–water partition coefficient (Wildman–Crippen LogP) is 1.03. The van der Waals surface area contributed by atoms with Crippen LogP contribution in [-0.2, 0) is 9.53 Å². The minimum atomic E-state index is -0.762. The number of amides is 2. The lowest BCUT2D eigenvalue weighted by Crippen LogP contribution is -2.39. The van der Waals surface area contributed by atoms with Gasteiger partial charge in [-0.15, -0.1) is 12.4 Å². The number of halogens is 2. The standard InChI is InChI=1S/C12H16ClN3O3.ClH/c1-15-11(17)8-4-3-7(5-9(8)13)16-12(18)10(14)6-19-2;/h3-5,10H,6,14H2,1-2H3,(H,15,17)(H,16,18);1H. The summed E-state index contributed by atoms with van der Waals surface area (Å²) in [4.78, 5) is 23.1. The Morgan fingerprint density at radius 2 is 2.10 bits per heavy atom. The molecule has 0 aliphatic rings. The molecule has 1 aromatic rings. The lowest BCUT2D eigenvalue weighted by molar-refractivity contribution is -0.118. The zero-order valence-corrected chi connectivity index (χ0v) is 12.7. The number of carbonyl (C=O) groups excluding carboxylic acids is 2. The van der Waals surface area contributed by atoms with Gasteiger partial charge in [0.2, 0.25) is 5.91 Å². The van der Waals surface area contributed by atoms with Crippen LogP contribution in [0.3, 0.4) is 0 Å². The first-order chi connectivity index (χ1) is 8.99. The van der Waals surface area contributed by atoms with E-state index < -0.39 is 6.04 Å². The zero-order chi connectivity index (χ0) is 14.4. The van der Waals surface area contributed by atoms with Crippen molar-refractivity contribution in [1.29, 1.82) is 0 Å². The molecule has 1 rings (SSSR count). The summed E-state index contributed by atoms with van der Waals surface area (Å²) in [7, 11) is 2.97. The van der Waals surface area contributed by atoms with E-state index in [1.165, 1.54) is 26.3 Å². The Balaban J connectivity index is 0.00000361. The molecule has 0 saturated carbocycles. The summed E-state index contributed by atoms with van der Waals surface area (Å²) in [6, 6.07) is 3.83. The highest BCUT2D eigenvalue weighted by atomic mass is 35.5. The van der Waals surface area contributed by atoms with Crippen molar-refractivity contribution in [3.05, 3.63) is 28.8 Å². The van der Waals surface area contributed by atoms with E-state index >= 15 is 0 Å². The SMILES string of the molecule is CNC(=O)c1ccc(NC(=O)C(N)COC)cc1Cl.Cl. The number of rotatable bonds is 5. The fourth-order valence-corrected chi connectivity index (χ4v) is 1.67. The smallest absolute Gasteiger partial charge is 0.252 e. The van der Waals surface area contributed by atoms with Crippen LogP contribution < -0.4 is 16.4 Å². The van der Waals surface area contributed by atoms with Crippen molar-refractivity contribution in [3.63, 3.8) is 0 Å². The Kier molecular flexibility index (Phi) is 8.17. The van der Waals surface area contributed by atoms with Crippen LogP contribution in [0.1, 0.15) is 10.4 Å². The predicted molar refractivity (Wildman–Crippen MR) is 80.6 cm³/mol. The van der Waals surface area contributed by atoms with E-state index in [9.17, 15) is 9.59 Å². The lowest BCUT2D eigenvalue weighted by Gasteiger charge is -2.12. The Bertz CT molecular complexity index is 483. The molecule has 0 spiro atoms. The molecule has 0 saturated heterocycles. The number of ether oxygens (including phenoxy) is 1. The maximum atomic E-state index is 11.7. The van der Waals surface area contributed by atoms with Crippen LogP contribution in [0.4, 0.5) is 5.69 Å². The first kappa shape index (κ1) is 18.7. The molecule has 0 aliphatic carbocycles. The van der Waals surface area contributed by atoms with Gasteiger partial charge in [-0.05, 0) is 18.2 Å². The maximum absolute atomic E-state index is 11.7. The Morgan fingerprint density at radius 1 is 1.45 bits per heavy atom. The van der Waals surface area contributed by atoms with Crippen molar-refractivity contribution < 1.29 is 14.3 Å². The number of carbonyl (C=O) groups is 2. The number of hydrogen-bond acceptors (Lipinski definition) is 4. The van der Waals surface area contributed by atoms with Crippen molar-refractivity contribution in [2.45, 2.75) is 6.04 Å². The second kappa shape index (κ2) is 8.76. The van der Waals surface area contributed by atoms with Crippen LogP contribution in [-0.4, -0.2) is 38.6 Å². The Labute approximate surface area is 128 Å². The molecular weight excluding hydrogens is 305 g/mol. The van der Waals surface area contributed by atoms with E-state index in [2.05, 4.69) is 10.6 Å². The van der Waals surface area contributed by atoms with Gasteiger partial charge in [-0.25, -0.2) is 0 Å². The molecule has 1 aromatic carbocycles. The second-order valence-electron chi connectivity index (χ2n) is 3.82. The van der Waals surface area contributed by atoms with Gasteiger partial charge >= 0.3 is 0 Å². The van der Waals surface area contributed by atoms with Gasteiger partial charge in [-0.3, -0.25) is 9.59 Å². The van der Waals surface area contributed by atoms with Crippen molar-refractivity contribution in [3.8, 4) is 0 Å². The molecule has 2 amide bonds. The molecular formula is C12H17Cl2N3O3. The summed E-state index contributed by atoms with van der Waals surface area (Å²) in [5, 5.41) is 5.31. The van der Waals surface area contributed by atoms with Crippen LogP contribution in [0, 0.1) is 0 Å². The van der Waals surface area contributed by atoms with Gasteiger partial charge in [-0.2, -0.15) is 0 Å². The van der Waals surface area contributed by atoms with Gasteiger partial charge in [-0.1, -0.05) is 11.6 Å². The Hall–Kier alpha value is -1.34. The summed E-state index contributed by atoms with van der Waals surface area (Å²) in [6.07, 6.45) is 0. The molecule has 0 aromatic heterocycles. The van der Waals surface area contributed by atoms with Crippen LogP contribution in [0.2, 0.25) is 5.02 Å². The largest absolute Gasteiger partial charge is 0.383 e. The normalized spacial score (nSPS) is 11.2. The van der Waals surface area contributed by atoms with Crippen LogP contribution >= 0.6 is 24.0 Å². The zero-order valence-electron chi connectivity index (χ0n) is 11.1. The highest BCUT2D eigenvalue weighted by molar-refractivity contribution is 6.34. The topological polar surface area (TPSA) is 93.5 Å². The number of methoxy groups -OCH3 is 1. The van der Waals surface area contributed by atoms with E-state index in [1.54, 1.807) is 6.07 Å². The molecule has 6 nitrogen and oxygen atoms in total. The Morgan fingerprint density at radius 3 is 2.60 bits per heavy atom. The van der Waals surface area contributed by atoms with E-state index in [4.69, 9.17) is 22.1 Å². The maximum Gasteiger partial charge on any atom is 0.252 e. The highest BCUT2D eigenvalue weighted by Gasteiger charge is 2.14. The van der Waals surface area contributed by atoms with Crippen LogP contribution in [0.5, 0.6) is 0 Å². The molecule has 0 fully saturated rings. The van der Waals surface area contributed by atoms with Crippen molar-refractivity contribution in [2.24, 2.45) is 5.73 Å². The van der Waals surface area contributed by atoms with E-state index in [-0.39, 0.29) is 35.9 Å². The fourth-order valence-electron chi connectivity index (χ4n) is 1.40. The summed E-state index contributed by atoms with van der Waals surface area (Å²) in [6.45, 7) is 0.121. The first-order valence-corrected chi connectivity index (χ1v) is 5.94. The third-order valence-corrected chi connectivity index (χ3v) is 2.70. The lowest BCUT2D eigenvalue weighted by atomic mass is 10.2. The van der Waals surface area contributed by atoms with Gasteiger partial charge < -0.3 is 21.1 Å². The van der Waals surface area contributed by atoms with Crippen LogP contribution in [0.25, 0.3) is 0 Å². The van der Waals surface area contributed by atoms with Gasteiger partial charge in [0.05, 0.1) is 17.2 Å². The van der Waals surface area contributed by atoms with E-state index in [0.29, 0.717) is 11.3 Å². The first-order valence-electron chi connectivity index (χ1n) is 5.56. The number of nitrogens with two attached hydrogens (primary N) is 1. The fraction of sp³-hybridized carbons (Fsp3) is 0.333. The van der Waals surface area contributed by atoms with Gasteiger partial charge in [0.15, 0.2) is 0 Å². The third-order valence-electron chi connectivity index (χ3n) is 2.39. The highest BCUT2D eigenvalue weighted by Crippen LogP contribution is 2.21. The average Bonchev–Trinajstić information content (AvgIpc) is 2.38. The summed E-state index contributed by atoms with van der Waals surface area (Å²) >= 11 is 5.96.